The maximum absolute atomic E-state index is 13.3. The van der Waals surface area contributed by atoms with E-state index in [1.807, 2.05) is 35.7 Å². The predicted octanol–water partition coefficient (Wildman–Crippen LogP) is 3.19. The number of hydrogen-bond acceptors (Lipinski definition) is 6. The van der Waals surface area contributed by atoms with Gasteiger partial charge in [-0.25, -0.2) is 4.39 Å². The number of nitrogens with zero attached hydrogens (tertiary/aromatic N) is 1. The van der Waals surface area contributed by atoms with Crippen LogP contribution in [-0.2, 0) is 22.6 Å². The highest BCUT2D eigenvalue weighted by atomic mass is 32.1. The predicted molar refractivity (Wildman–Crippen MR) is 134 cm³/mol. The number of nitrogens with one attached hydrogen (secondary N) is 1. The van der Waals surface area contributed by atoms with Crippen molar-refractivity contribution in [3.05, 3.63) is 87.4 Å². The van der Waals surface area contributed by atoms with Crippen LogP contribution in [0.25, 0.3) is 0 Å². The Labute approximate surface area is 213 Å². The van der Waals surface area contributed by atoms with Crippen molar-refractivity contribution < 1.29 is 28.9 Å². The number of carbonyl (C=O) groups excluding carboxylic acids is 2. The third kappa shape index (κ3) is 5.92. The molecule has 3 atom stereocenters. The number of hydrogen-bond donors (Lipinski definition) is 3. The molecule has 9 heteroatoms. The topological polar surface area (TPSA) is 99.1 Å². The SMILES string of the molecule is COc1ccccc1Cc1csc(CNC(=O)[C@H](O)[C@@H](O)C(=O)N2CCCC2c2ccc(F)cc2)c1. The largest absolute Gasteiger partial charge is 0.496 e. The monoisotopic (exact) mass is 512 g/mol. The fourth-order valence-corrected chi connectivity index (χ4v) is 5.30. The third-order valence-electron chi connectivity index (χ3n) is 6.34. The quantitative estimate of drug-likeness (QED) is 0.409. The van der Waals surface area contributed by atoms with Crippen LogP contribution in [0.1, 0.15) is 40.5 Å². The molecule has 36 heavy (non-hydrogen) atoms. The van der Waals surface area contributed by atoms with Gasteiger partial charge >= 0.3 is 0 Å². The second-order valence-corrected chi connectivity index (χ2v) is 9.75. The van der Waals surface area contributed by atoms with Gasteiger partial charge in [-0.1, -0.05) is 30.3 Å². The van der Waals surface area contributed by atoms with Crippen LogP contribution in [-0.4, -0.2) is 52.8 Å². The molecule has 0 saturated carbocycles. The van der Waals surface area contributed by atoms with Crippen LogP contribution < -0.4 is 10.1 Å². The Balaban J connectivity index is 1.32. The molecule has 0 radical (unpaired) electrons. The summed E-state index contributed by atoms with van der Waals surface area (Å²) in [6, 6.07) is 15.2. The van der Waals surface area contributed by atoms with Crippen LogP contribution in [0.15, 0.2) is 60.0 Å². The van der Waals surface area contributed by atoms with Gasteiger partial charge in [-0.05, 0) is 59.2 Å². The van der Waals surface area contributed by atoms with Crippen LogP contribution in [0.3, 0.4) is 0 Å². The minimum atomic E-state index is -1.90. The van der Waals surface area contributed by atoms with Crippen LogP contribution in [0.5, 0.6) is 5.75 Å². The number of rotatable bonds is 9. The normalized spacial score (nSPS) is 17.0. The molecule has 1 unspecified atom stereocenters. The number of methoxy groups -OCH3 is 1. The van der Waals surface area contributed by atoms with Gasteiger partial charge in [0.05, 0.1) is 19.7 Å². The van der Waals surface area contributed by atoms with E-state index in [1.165, 1.54) is 28.4 Å². The summed E-state index contributed by atoms with van der Waals surface area (Å²) in [7, 11) is 1.63. The summed E-state index contributed by atoms with van der Waals surface area (Å²) < 4.78 is 18.7. The van der Waals surface area contributed by atoms with Gasteiger partial charge in [0.15, 0.2) is 12.2 Å². The highest BCUT2D eigenvalue weighted by Gasteiger charge is 2.38. The van der Waals surface area contributed by atoms with Gasteiger partial charge in [-0.15, -0.1) is 11.3 Å². The maximum Gasteiger partial charge on any atom is 0.255 e. The number of amides is 2. The molecule has 2 heterocycles. The fraction of sp³-hybridized carbons (Fsp3) is 0.333. The number of halogens is 1. The molecule has 190 valence electrons. The maximum atomic E-state index is 13.3. The molecule has 1 aromatic heterocycles. The van der Waals surface area contributed by atoms with E-state index in [4.69, 9.17) is 4.74 Å². The highest BCUT2D eigenvalue weighted by molar-refractivity contribution is 7.10. The third-order valence-corrected chi connectivity index (χ3v) is 7.33. The average molecular weight is 513 g/mol. The molecule has 3 N–H and O–H groups in total. The number of para-hydroxylation sites is 1. The van der Waals surface area contributed by atoms with Crippen molar-refractivity contribution in [1.82, 2.24) is 10.2 Å². The molecular weight excluding hydrogens is 483 g/mol. The Morgan fingerprint density at radius 3 is 2.67 bits per heavy atom. The number of benzene rings is 2. The number of thiophene rings is 1. The van der Waals surface area contributed by atoms with Crippen molar-refractivity contribution in [3.63, 3.8) is 0 Å². The van der Waals surface area contributed by atoms with Crippen molar-refractivity contribution in [3.8, 4) is 5.75 Å². The van der Waals surface area contributed by atoms with Gasteiger partial charge < -0.3 is 25.2 Å². The van der Waals surface area contributed by atoms with Crippen LogP contribution in [0, 0.1) is 5.82 Å². The molecule has 1 fully saturated rings. The van der Waals surface area contributed by atoms with Gasteiger partial charge in [0.2, 0.25) is 0 Å². The molecule has 1 saturated heterocycles. The van der Waals surface area contributed by atoms with Gasteiger partial charge in [0.1, 0.15) is 11.6 Å². The number of likely N-dealkylation sites (tertiary alicyclic amines) is 1. The minimum Gasteiger partial charge on any atom is -0.496 e. The van der Waals surface area contributed by atoms with Gasteiger partial charge in [-0.2, -0.15) is 0 Å². The first-order chi connectivity index (χ1) is 17.4. The molecule has 1 aliphatic heterocycles. The summed E-state index contributed by atoms with van der Waals surface area (Å²) in [6.45, 7) is 0.547. The Morgan fingerprint density at radius 2 is 1.92 bits per heavy atom. The van der Waals surface area contributed by atoms with Crippen molar-refractivity contribution in [2.45, 2.75) is 44.1 Å². The zero-order chi connectivity index (χ0) is 25.7. The lowest BCUT2D eigenvalue weighted by Crippen LogP contribution is -2.50. The molecule has 7 nitrogen and oxygen atoms in total. The summed E-state index contributed by atoms with van der Waals surface area (Å²) in [4.78, 5) is 27.7. The Morgan fingerprint density at radius 1 is 1.17 bits per heavy atom. The number of aliphatic hydroxyl groups is 2. The fourth-order valence-electron chi connectivity index (χ4n) is 4.47. The highest BCUT2D eigenvalue weighted by Crippen LogP contribution is 2.32. The second kappa shape index (κ2) is 11.6. The van der Waals surface area contributed by atoms with Crippen LogP contribution in [0.4, 0.5) is 4.39 Å². The Bertz CT molecular complexity index is 1200. The summed E-state index contributed by atoms with van der Waals surface area (Å²) in [6.07, 6.45) is -1.76. The zero-order valence-corrected chi connectivity index (χ0v) is 20.7. The van der Waals surface area contributed by atoms with E-state index in [0.29, 0.717) is 25.8 Å². The molecule has 4 rings (SSSR count). The second-order valence-electron chi connectivity index (χ2n) is 8.76. The van der Waals surface area contributed by atoms with E-state index in [1.54, 1.807) is 19.2 Å². The molecule has 3 aromatic rings. The molecule has 1 aliphatic rings. The summed E-state index contributed by atoms with van der Waals surface area (Å²) in [5.41, 5.74) is 2.85. The summed E-state index contributed by atoms with van der Waals surface area (Å²) in [5.74, 6) is -1.12. The lowest BCUT2D eigenvalue weighted by molar-refractivity contribution is -0.153. The zero-order valence-electron chi connectivity index (χ0n) is 19.9. The molecule has 0 bridgehead atoms. The standard InChI is InChI=1S/C27H29FN2O5S/c1-35-23-7-3-2-5-19(23)13-17-14-21(36-16-17)15-29-26(33)24(31)25(32)27(34)30-12-4-6-22(30)18-8-10-20(28)11-9-18/h2-3,5,7-11,14,16,22,24-25,31-32H,4,6,12-13,15H2,1H3,(H,29,33)/t22?,24-,25-/m1/s1. The van der Waals surface area contributed by atoms with Gasteiger partial charge in [0.25, 0.3) is 11.8 Å². The number of aliphatic hydroxyl groups excluding tert-OH is 2. The van der Waals surface area contributed by atoms with Crippen molar-refractivity contribution in [1.29, 1.82) is 0 Å². The van der Waals surface area contributed by atoms with Gasteiger partial charge in [0, 0.05) is 17.8 Å². The minimum absolute atomic E-state index is 0.162. The average Bonchev–Trinajstić information content (AvgIpc) is 3.56. The van der Waals surface area contributed by atoms with E-state index in [-0.39, 0.29) is 18.4 Å². The molecule has 0 spiro atoms. The molecule has 2 amide bonds. The van der Waals surface area contributed by atoms with Crippen molar-refractivity contribution in [2.24, 2.45) is 0 Å². The molecule has 0 aliphatic carbocycles. The number of ether oxygens (including phenoxy) is 1. The van der Waals surface area contributed by atoms with Crippen molar-refractivity contribution in [2.75, 3.05) is 13.7 Å². The first-order valence-corrected chi connectivity index (χ1v) is 12.6. The van der Waals surface area contributed by atoms with Crippen LogP contribution >= 0.6 is 11.3 Å². The Hall–Kier alpha value is -3.27. The summed E-state index contributed by atoms with van der Waals surface area (Å²) >= 11 is 1.47. The van der Waals surface area contributed by atoms with E-state index in [0.717, 1.165) is 27.3 Å². The smallest absolute Gasteiger partial charge is 0.255 e. The first-order valence-electron chi connectivity index (χ1n) is 11.8. The van der Waals surface area contributed by atoms with Gasteiger partial charge in [-0.3, -0.25) is 9.59 Å². The van der Waals surface area contributed by atoms with Crippen LogP contribution in [0.2, 0.25) is 0 Å². The lowest BCUT2D eigenvalue weighted by atomic mass is 10.0. The van der Waals surface area contributed by atoms with E-state index in [2.05, 4.69) is 5.32 Å². The molecular formula is C27H29FN2O5S. The van der Waals surface area contributed by atoms with E-state index < -0.39 is 24.0 Å². The van der Waals surface area contributed by atoms with E-state index in [9.17, 15) is 24.2 Å². The first kappa shape index (κ1) is 25.8. The van der Waals surface area contributed by atoms with Crippen molar-refractivity contribution >= 4 is 23.2 Å². The summed E-state index contributed by atoms with van der Waals surface area (Å²) in [5, 5.41) is 25.4. The molecule has 2 aromatic carbocycles. The number of carbonyl (C=O) groups is 2. The lowest BCUT2D eigenvalue weighted by Gasteiger charge is -2.28. The van der Waals surface area contributed by atoms with E-state index >= 15 is 0 Å². The Kier molecular flexibility index (Phi) is 8.35.